The lowest BCUT2D eigenvalue weighted by Crippen LogP contribution is -2.70. The van der Waals surface area contributed by atoms with Crippen LogP contribution in [0.2, 0.25) is 0 Å². The predicted molar refractivity (Wildman–Crippen MR) is 220 cm³/mol. The zero-order chi connectivity index (χ0) is 41.0. The first-order valence-corrected chi connectivity index (χ1v) is 20.3. The Morgan fingerprint density at radius 1 is 1.00 bits per heavy atom. The zero-order valence-corrected chi connectivity index (χ0v) is 33.9. The number of carbonyl (C=O) groups excluding carboxylic acids is 1. The van der Waals surface area contributed by atoms with Gasteiger partial charge in [0.25, 0.3) is 0 Å². The summed E-state index contributed by atoms with van der Waals surface area (Å²) in [6.45, 7) is 18.2. The minimum atomic E-state index is -1.48. The molecule has 11 heteroatoms. The largest absolute Gasteiger partial charge is 0.490 e. The number of carbonyl (C=O) groups is 1. The molecule has 6 atom stereocenters. The van der Waals surface area contributed by atoms with E-state index >= 15 is 0 Å². The van der Waals surface area contributed by atoms with Crippen LogP contribution >= 0.6 is 0 Å². The predicted octanol–water partition coefficient (Wildman–Crippen LogP) is 9.04. The summed E-state index contributed by atoms with van der Waals surface area (Å²) in [5.74, 6) is -1.22. The Kier molecular flexibility index (Phi) is 15.6. The molecule has 1 saturated carbocycles. The first-order chi connectivity index (χ1) is 27.5. The van der Waals surface area contributed by atoms with Crippen LogP contribution in [0.25, 0.3) is 0 Å². The molecule has 310 valence electrons. The molecule has 57 heavy (non-hydrogen) atoms. The number of benzene rings is 2. The molecule has 1 fully saturated rings. The minimum absolute atomic E-state index is 0.0432. The molecule has 2 aliphatic carbocycles. The standard InChI is InChI=1S/C46H61FN2O8/c1-7-10-27-54-44(52)49(31-32-17-19-34(47)20-18-32)41-30-39(48-57-45(4,5)6)37-28-33(15-11-13-23-50)36(16-12-14-24-51)42-38-29-35(53-25-8-2)21-22-40(38)56-46(41,43(37)42)55-26-9-3/h7-9,17-22,28-29,33,36,41-43,50-51H,1-3,10-16,23-27,30-31H2,4-6H3/t33-,36+,41-,42+,43+,46+/m0/s1. The third-order valence-electron chi connectivity index (χ3n) is 10.9. The number of hydrogen-bond donors (Lipinski definition) is 2. The monoisotopic (exact) mass is 788 g/mol. The second-order valence-electron chi connectivity index (χ2n) is 16.0. The number of aliphatic hydroxyl groups excluding tert-OH is 2. The van der Waals surface area contributed by atoms with Gasteiger partial charge in [-0.05, 0) is 106 Å². The lowest BCUT2D eigenvalue weighted by atomic mass is 9.55. The lowest BCUT2D eigenvalue weighted by molar-refractivity contribution is -0.256. The van der Waals surface area contributed by atoms with Gasteiger partial charge >= 0.3 is 6.09 Å². The average molecular weight is 789 g/mol. The molecule has 1 heterocycles. The molecule has 1 amide bonds. The molecule has 1 aliphatic heterocycles. The fraction of sp³-hybridized carbons (Fsp3) is 0.522. The third kappa shape index (κ3) is 10.5. The number of fused-ring (bicyclic) bond motifs is 2. The normalized spacial score (nSPS) is 24.3. The highest BCUT2D eigenvalue weighted by Crippen LogP contribution is 2.62. The van der Waals surface area contributed by atoms with Gasteiger partial charge in [0.1, 0.15) is 35.6 Å². The van der Waals surface area contributed by atoms with Crippen LogP contribution in [-0.2, 0) is 20.9 Å². The van der Waals surface area contributed by atoms with Gasteiger partial charge in [-0.15, -0.1) is 13.2 Å². The molecule has 0 bridgehead atoms. The maximum absolute atomic E-state index is 14.5. The fourth-order valence-corrected chi connectivity index (χ4v) is 8.49. The topological polar surface area (TPSA) is 119 Å². The molecule has 3 aliphatic rings. The number of nitrogens with zero attached hydrogens (tertiary/aromatic N) is 2. The highest BCUT2D eigenvalue weighted by molar-refractivity contribution is 6.03. The summed E-state index contributed by atoms with van der Waals surface area (Å²) in [5.41, 5.74) is 2.59. The van der Waals surface area contributed by atoms with E-state index in [4.69, 9.17) is 28.9 Å². The Morgan fingerprint density at radius 3 is 2.39 bits per heavy atom. The molecule has 2 aromatic carbocycles. The highest BCUT2D eigenvalue weighted by Gasteiger charge is 2.65. The average Bonchev–Trinajstić information content (AvgIpc) is 3.19. The smallest absolute Gasteiger partial charge is 0.410 e. The number of ether oxygens (including phenoxy) is 4. The number of rotatable bonds is 21. The number of amides is 1. The third-order valence-corrected chi connectivity index (χ3v) is 10.9. The van der Waals surface area contributed by atoms with Crippen molar-refractivity contribution in [3.63, 3.8) is 0 Å². The molecule has 0 unspecified atom stereocenters. The van der Waals surface area contributed by atoms with Crippen molar-refractivity contribution in [2.45, 2.75) is 102 Å². The Bertz CT molecular complexity index is 1740. The van der Waals surface area contributed by atoms with Crippen LogP contribution in [0.4, 0.5) is 9.18 Å². The molecule has 0 aromatic heterocycles. The van der Waals surface area contributed by atoms with E-state index in [1.165, 1.54) is 12.1 Å². The van der Waals surface area contributed by atoms with Gasteiger partial charge in [0.2, 0.25) is 5.79 Å². The Morgan fingerprint density at radius 2 is 1.72 bits per heavy atom. The number of allylic oxidation sites excluding steroid dienone is 1. The van der Waals surface area contributed by atoms with Crippen molar-refractivity contribution in [3.05, 3.63) is 109 Å². The summed E-state index contributed by atoms with van der Waals surface area (Å²) in [5, 5.41) is 24.6. The van der Waals surface area contributed by atoms with Crippen molar-refractivity contribution in [2.75, 3.05) is 33.0 Å². The molecular formula is C46H61FN2O8. The van der Waals surface area contributed by atoms with Gasteiger partial charge in [-0.2, -0.15) is 0 Å². The van der Waals surface area contributed by atoms with E-state index in [-0.39, 0.29) is 63.0 Å². The maximum atomic E-state index is 14.5. The van der Waals surface area contributed by atoms with E-state index in [9.17, 15) is 19.4 Å². The van der Waals surface area contributed by atoms with Crippen LogP contribution in [0.1, 0.15) is 89.2 Å². The Balaban J connectivity index is 1.81. The van der Waals surface area contributed by atoms with Crippen LogP contribution in [0.15, 0.2) is 97.2 Å². The zero-order valence-electron chi connectivity index (χ0n) is 33.9. The van der Waals surface area contributed by atoms with E-state index in [1.54, 1.807) is 35.3 Å². The summed E-state index contributed by atoms with van der Waals surface area (Å²) in [6.07, 6.45) is 12.0. The number of hydrogen-bond acceptors (Lipinski definition) is 9. The molecule has 0 radical (unpaired) electrons. The quantitative estimate of drug-likeness (QED) is 0.0731. The summed E-state index contributed by atoms with van der Waals surface area (Å²) in [4.78, 5) is 22.3. The summed E-state index contributed by atoms with van der Waals surface area (Å²) in [6, 6.07) is 11.0. The maximum Gasteiger partial charge on any atom is 0.410 e. The van der Waals surface area contributed by atoms with E-state index in [0.29, 0.717) is 48.6 Å². The highest BCUT2D eigenvalue weighted by atomic mass is 19.1. The van der Waals surface area contributed by atoms with Crippen molar-refractivity contribution < 1.29 is 43.2 Å². The van der Waals surface area contributed by atoms with Crippen molar-refractivity contribution in [2.24, 2.45) is 22.9 Å². The van der Waals surface area contributed by atoms with Crippen molar-refractivity contribution in [1.82, 2.24) is 4.90 Å². The van der Waals surface area contributed by atoms with Crippen LogP contribution in [0.3, 0.4) is 0 Å². The lowest BCUT2D eigenvalue weighted by Gasteiger charge is -2.60. The van der Waals surface area contributed by atoms with Crippen LogP contribution in [0.5, 0.6) is 11.5 Å². The van der Waals surface area contributed by atoms with E-state index in [0.717, 1.165) is 36.8 Å². The van der Waals surface area contributed by atoms with Crippen molar-refractivity contribution in [3.8, 4) is 11.5 Å². The minimum Gasteiger partial charge on any atom is -0.490 e. The van der Waals surface area contributed by atoms with Gasteiger partial charge in [-0.3, -0.25) is 4.90 Å². The molecule has 10 nitrogen and oxygen atoms in total. The van der Waals surface area contributed by atoms with Gasteiger partial charge in [-0.1, -0.05) is 61.0 Å². The van der Waals surface area contributed by atoms with Crippen LogP contribution in [0, 0.1) is 23.6 Å². The van der Waals surface area contributed by atoms with Gasteiger partial charge < -0.3 is 34.0 Å². The Labute approximate surface area is 337 Å². The first-order valence-electron chi connectivity index (χ1n) is 20.3. The SMILES string of the molecule is C=CCCOC(=O)N(Cc1ccc(F)cc1)[C@H]1CC(=NOC(C)(C)C)C2=C[C@H](CCCCO)[C@@H](CCCCO)[C@@H]3c4cc(OCC=C)ccc4O[C@@]1(OCC=C)[C@H]23. The van der Waals surface area contributed by atoms with Gasteiger partial charge in [0.15, 0.2) is 0 Å². The second-order valence-corrected chi connectivity index (χ2v) is 16.0. The fourth-order valence-electron chi connectivity index (χ4n) is 8.49. The van der Waals surface area contributed by atoms with Crippen molar-refractivity contribution >= 4 is 11.8 Å². The van der Waals surface area contributed by atoms with Crippen LogP contribution in [-0.4, -0.2) is 77.4 Å². The van der Waals surface area contributed by atoms with Gasteiger partial charge in [0, 0.05) is 37.7 Å². The van der Waals surface area contributed by atoms with E-state index in [1.807, 2.05) is 39.0 Å². The second kappa shape index (κ2) is 20.3. The van der Waals surface area contributed by atoms with Gasteiger partial charge in [0.05, 0.1) is 24.8 Å². The van der Waals surface area contributed by atoms with E-state index in [2.05, 4.69) is 25.8 Å². The molecular weight excluding hydrogens is 728 g/mol. The number of oxime groups is 1. The summed E-state index contributed by atoms with van der Waals surface area (Å²) >= 11 is 0. The Hall–Kier alpha value is -4.45. The van der Waals surface area contributed by atoms with Crippen molar-refractivity contribution in [1.29, 1.82) is 0 Å². The van der Waals surface area contributed by atoms with Crippen LogP contribution < -0.4 is 9.47 Å². The number of aliphatic hydroxyl groups is 2. The molecule has 0 saturated heterocycles. The number of unbranched alkanes of at least 4 members (excludes halogenated alkanes) is 2. The number of halogens is 1. The first kappa shape index (κ1) is 43.7. The van der Waals surface area contributed by atoms with Gasteiger partial charge in [-0.25, -0.2) is 9.18 Å². The molecule has 5 rings (SSSR count). The molecule has 2 N–H and O–H groups in total. The summed E-state index contributed by atoms with van der Waals surface area (Å²) < 4.78 is 40.5. The summed E-state index contributed by atoms with van der Waals surface area (Å²) in [7, 11) is 0. The van der Waals surface area contributed by atoms with E-state index < -0.39 is 29.4 Å². The molecule has 0 spiro atoms. The molecule has 2 aromatic rings.